The molecular weight excluding hydrogens is 278 g/mol. The van der Waals surface area contributed by atoms with Crippen LogP contribution in [0.3, 0.4) is 0 Å². The molecule has 8 nitrogen and oxygen atoms in total. The van der Waals surface area contributed by atoms with Gasteiger partial charge in [-0.05, 0) is 25.9 Å². The first-order valence-corrected chi connectivity index (χ1v) is 7.18. The van der Waals surface area contributed by atoms with Gasteiger partial charge in [-0.3, -0.25) is 9.69 Å². The van der Waals surface area contributed by atoms with Crippen molar-refractivity contribution in [2.24, 2.45) is 0 Å². The molecule has 118 valence electrons. The molecule has 3 heterocycles. The van der Waals surface area contributed by atoms with Gasteiger partial charge in [-0.2, -0.15) is 0 Å². The Balaban J connectivity index is 1.90. The topological polar surface area (TPSA) is 91.3 Å². The van der Waals surface area contributed by atoms with E-state index >= 15 is 0 Å². The van der Waals surface area contributed by atoms with Crippen molar-refractivity contribution in [3.8, 4) is 0 Å². The van der Waals surface area contributed by atoms with Gasteiger partial charge in [0.25, 0.3) is 0 Å². The van der Waals surface area contributed by atoms with Gasteiger partial charge in [-0.1, -0.05) is 0 Å². The number of carboxylic acid groups (broad SMARTS) is 1. The SMILES string of the molecule is COCC12CN(C(=O)O)CC(=O)N1CC1(CCNCC1)O2. The Kier molecular flexibility index (Phi) is 3.54. The lowest BCUT2D eigenvalue weighted by Gasteiger charge is -2.44. The van der Waals surface area contributed by atoms with Crippen LogP contribution in [0.2, 0.25) is 0 Å². The van der Waals surface area contributed by atoms with Crippen molar-refractivity contribution in [3.05, 3.63) is 0 Å². The Bertz CT molecular complexity index is 451. The number of hydrogen-bond acceptors (Lipinski definition) is 5. The molecule has 0 aromatic carbocycles. The lowest BCUT2D eigenvalue weighted by atomic mass is 9.92. The number of nitrogens with one attached hydrogen (secondary N) is 1. The standard InChI is InChI=1S/C13H21N3O5/c1-20-9-13-8-15(11(18)19)6-10(17)16(13)7-12(21-13)2-4-14-5-3-12/h14H,2-9H2,1H3,(H,18,19). The van der Waals surface area contributed by atoms with E-state index in [-0.39, 0.29) is 31.2 Å². The third kappa shape index (κ3) is 2.37. The van der Waals surface area contributed by atoms with Gasteiger partial charge in [0.15, 0.2) is 5.72 Å². The predicted molar refractivity (Wildman–Crippen MR) is 71.8 cm³/mol. The zero-order valence-electron chi connectivity index (χ0n) is 12.1. The van der Waals surface area contributed by atoms with Crippen LogP contribution in [-0.2, 0) is 14.3 Å². The first-order chi connectivity index (χ1) is 10.0. The maximum absolute atomic E-state index is 12.4. The fourth-order valence-corrected chi connectivity index (χ4v) is 3.61. The van der Waals surface area contributed by atoms with Gasteiger partial charge in [0.05, 0.1) is 25.3 Å². The molecule has 1 unspecified atom stereocenters. The molecule has 0 aromatic heterocycles. The molecule has 1 spiro atoms. The first-order valence-electron chi connectivity index (χ1n) is 7.18. The quantitative estimate of drug-likeness (QED) is 0.701. The van der Waals surface area contributed by atoms with Crippen LogP contribution in [0.15, 0.2) is 0 Å². The summed E-state index contributed by atoms with van der Waals surface area (Å²) in [6.07, 6.45) is 0.526. The van der Waals surface area contributed by atoms with Gasteiger partial charge >= 0.3 is 6.09 Å². The van der Waals surface area contributed by atoms with Crippen LogP contribution in [0.5, 0.6) is 0 Å². The minimum Gasteiger partial charge on any atom is -0.465 e. The molecule has 3 saturated heterocycles. The van der Waals surface area contributed by atoms with Crippen LogP contribution in [0.4, 0.5) is 4.79 Å². The number of carbonyl (C=O) groups excluding carboxylic acids is 1. The fourth-order valence-electron chi connectivity index (χ4n) is 3.61. The zero-order valence-corrected chi connectivity index (χ0v) is 12.1. The summed E-state index contributed by atoms with van der Waals surface area (Å²) in [7, 11) is 1.54. The van der Waals surface area contributed by atoms with Crippen LogP contribution in [0.25, 0.3) is 0 Å². The van der Waals surface area contributed by atoms with Gasteiger partial charge in [0.1, 0.15) is 6.54 Å². The van der Waals surface area contributed by atoms with Crippen molar-refractivity contribution in [3.63, 3.8) is 0 Å². The molecule has 3 rings (SSSR count). The van der Waals surface area contributed by atoms with Gasteiger partial charge in [-0.15, -0.1) is 0 Å². The number of methoxy groups -OCH3 is 1. The summed E-state index contributed by atoms with van der Waals surface area (Å²) >= 11 is 0. The second-order valence-electron chi connectivity index (χ2n) is 6.03. The molecule has 2 N–H and O–H groups in total. The molecule has 21 heavy (non-hydrogen) atoms. The zero-order chi connectivity index (χ0) is 15.1. The number of hydrogen-bond donors (Lipinski definition) is 2. The Morgan fingerprint density at radius 3 is 2.76 bits per heavy atom. The van der Waals surface area contributed by atoms with Crippen LogP contribution in [0, 0.1) is 0 Å². The van der Waals surface area contributed by atoms with Gasteiger partial charge in [-0.25, -0.2) is 4.79 Å². The Morgan fingerprint density at radius 2 is 2.14 bits per heavy atom. The first kappa shape index (κ1) is 14.6. The van der Waals surface area contributed by atoms with Crippen LogP contribution in [-0.4, -0.2) is 84.7 Å². The monoisotopic (exact) mass is 299 g/mol. The second kappa shape index (κ2) is 5.11. The minimum absolute atomic E-state index is 0.113. The maximum Gasteiger partial charge on any atom is 0.407 e. The third-order valence-electron chi connectivity index (χ3n) is 4.56. The summed E-state index contributed by atoms with van der Waals surface area (Å²) in [6.45, 7) is 2.40. The molecule has 0 aliphatic carbocycles. The molecule has 3 fully saturated rings. The maximum atomic E-state index is 12.4. The van der Waals surface area contributed by atoms with E-state index < -0.39 is 11.8 Å². The summed E-state index contributed by atoms with van der Waals surface area (Å²) in [5, 5.41) is 12.5. The summed E-state index contributed by atoms with van der Waals surface area (Å²) < 4.78 is 11.6. The van der Waals surface area contributed by atoms with Gasteiger partial charge in [0, 0.05) is 7.11 Å². The van der Waals surface area contributed by atoms with Crippen molar-refractivity contribution in [2.45, 2.75) is 24.2 Å². The van der Waals surface area contributed by atoms with E-state index in [9.17, 15) is 14.7 Å². The average molecular weight is 299 g/mol. The number of nitrogens with zero attached hydrogens (tertiary/aromatic N) is 2. The predicted octanol–water partition coefficient (Wildman–Crippen LogP) is -0.696. The number of fused-ring (bicyclic) bond motifs is 1. The van der Waals surface area contributed by atoms with Gasteiger partial charge in [0.2, 0.25) is 5.91 Å². The number of amides is 2. The van der Waals surface area contributed by atoms with E-state index in [4.69, 9.17) is 9.47 Å². The van der Waals surface area contributed by atoms with Crippen LogP contribution in [0.1, 0.15) is 12.8 Å². The Hall–Kier alpha value is -1.38. The minimum atomic E-state index is -1.10. The highest BCUT2D eigenvalue weighted by molar-refractivity contribution is 5.84. The second-order valence-corrected chi connectivity index (χ2v) is 6.03. The van der Waals surface area contributed by atoms with Crippen molar-refractivity contribution in [2.75, 3.05) is 46.4 Å². The highest BCUT2D eigenvalue weighted by Gasteiger charge is 2.59. The molecule has 0 aromatic rings. The summed E-state index contributed by atoms with van der Waals surface area (Å²) in [5.74, 6) is -0.212. The highest BCUT2D eigenvalue weighted by Crippen LogP contribution is 2.42. The van der Waals surface area contributed by atoms with Crippen molar-refractivity contribution in [1.29, 1.82) is 0 Å². The van der Waals surface area contributed by atoms with Crippen LogP contribution < -0.4 is 5.32 Å². The van der Waals surface area contributed by atoms with E-state index in [0.717, 1.165) is 30.8 Å². The summed E-state index contributed by atoms with van der Waals surface area (Å²) in [5.41, 5.74) is -1.37. The van der Waals surface area contributed by atoms with Crippen molar-refractivity contribution in [1.82, 2.24) is 15.1 Å². The number of piperazine rings is 1. The molecule has 3 aliphatic rings. The normalized spacial score (nSPS) is 31.6. The van der Waals surface area contributed by atoms with Crippen LogP contribution >= 0.6 is 0 Å². The lowest BCUT2D eigenvalue weighted by molar-refractivity contribution is -0.198. The van der Waals surface area contributed by atoms with Gasteiger partial charge < -0.3 is 24.8 Å². The molecule has 3 aliphatic heterocycles. The number of piperidine rings is 1. The molecule has 0 radical (unpaired) electrons. The molecule has 0 bridgehead atoms. The summed E-state index contributed by atoms with van der Waals surface area (Å²) in [4.78, 5) is 26.4. The smallest absolute Gasteiger partial charge is 0.407 e. The van der Waals surface area contributed by atoms with E-state index in [0.29, 0.717) is 6.54 Å². The molecular formula is C13H21N3O5. The number of carbonyl (C=O) groups is 2. The Labute approximate surface area is 123 Å². The Morgan fingerprint density at radius 1 is 1.43 bits per heavy atom. The summed E-state index contributed by atoms with van der Waals surface area (Å²) in [6, 6.07) is 0. The molecule has 8 heteroatoms. The molecule has 2 amide bonds. The molecule has 0 saturated carbocycles. The average Bonchev–Trinajstić information content (AvgIpc) is 2.74. The van der Waals surface area contributed by atoms with E-state index in [1.807, 2.05) is 0 Å². The van der Waals surface area contributed by atoms with Crippen molar-refractivity contribution < 1.29 is 24.2 Å². The highest BCUT2D eigenvalue weighted by atomic mass is 16.6. The van der Waals surface area contributed by atoms with Crippen molar-refractivity contribution >= 4 is 12.0 Å². The van der Waals surface area contributed by atoms with E-state index in [1.165, 1.54) is 7.11 Å². The number of ether oxygens (including phenoxy) is 2. The van der Waals surface area contributed by atoms with E-state index in [1.54, 1.807) is 4.90 Å². The van der Waals surface area contributed by atoms with E-state index in [2.05, 4.69) is 5.32 Å². The fraction of sp³-hybridized carbons (Fsp3) is 0.846. The molecule has 1 atom stereocenters. The number of rotatable bonds is 2. The third-order valence-corrected chi connectivity index (χ3v) is 4.56. The lowest BCUT2D eigenvalue weighted by Crippen LogP contribution is -2.65. The largest absolute Gasteiger partial charge is 0.465 e.